The van der Waals surface area contributed by atoms with E-state index in [1.165, 1.54) is 41.5 Å². The molecule has 4 aromatic rings. The van der Waals surface area contributed by atoms with Crippen LogP contribution in [0.25, 0.3) is 27.1 Å². The zero-order chi connectivity index (χ0) is 15.2. The molecule has 5 rings (SSSR count). The van der Waals surface area contributed by atoms with Crippen molar-refractivity contribution in [3.63, 3.8) is 0 Å². The lowest BCUT2D eigenvalue weighted by atomic mass is 10.1. The molecule has 3 aromatic heterocycles. The Balaban J connectivity index is 1.83. The molecule has 1 aliphatic carbocycles. The molecule has 0 saturated carbocycles. The van der Waals surface area contributed by atoms with Crippen molar-refractivity contribution in [3.8, 4) is 5.82 Å². The number of aromatic nitrogens is 4. The number of thiophene rings is 1. The molecule has 114 valence electrons. The van der Waals surface area contributed by atoms with Gasteiger partial charge in [0.15, 0.2) is 12.7 Å². The van der Waals surface area contributed by atoms with E-state index < -0.39 is 0 Å². The molecule has 0 radical (unpaired) electrons. The first kappa shape index (κ1) is 13.2. The van der Waals surface area contributed by atoms with Crippen molar-refractivity contribution in [2.24, 2.45) is 0 Å². The molecule has 0 bridgehead atoms. The van der Waals surface area contributed by atoms with Crippen LogP contribution in [0.1, 0.15) is 29.7 Å². The summed E-state index contributed by atoms with van der Waals surface area (Å²) in [5.41, 5.74) is 3.76. The molecule has 0 saturated heterocycles. The zero-order valence-corrected chi connectivity index (χ0v) is 13.6. The predicted molar refractivity (Wildman–Crippen MR) is 92.1 cm³/mol. The van der Waals surface area contributed by atoms with E-state index in [-0.39, 0.29) is 0 Å². The molecular weight excluding hydrogens is 304 g/mol. The Hall–Kier alpha value is -2.27. The zero-order valence-electron chi connectivity index (χ0n) is 12.7. The minimum absolute atomic E-state index is 1.01. The second-order valence-electron chi connectivity index (χ2n) is 6.10. The van der Waals surface area contributed by atoms with Crippen LogP contribution >= 0.6 is 11.3 Å². The van der Waals surface area contributed by atoms with Gasteiger partial charge in [0.2, 0.25) is 0 Å². The number of fused-ring (bicyclic) bond motifs is 4. The van der Waals surface area contributed by atoms with Gasteiger partial charge in [-0.3, -0.25) is 4.98 Å². The minimum Gasteiger partial charge on any atom is -0.276 e. The van der Waals surface area contributed by atoms with Crippen LogP contribution in [0.4, 0.5) is 0 Å². The van der Waals surface area contributed by atoms with E-state index in [0.29, 0.717) is 0 Å². The van der Waals surface area contributed by atoms with Crippen LogP contribution in [0, 0.1) is 0 Å². The summed E-state index contributed by atoms with van der Waals surface area (Å²) in [6.45, 7) is 0. The highest BCUT2D eigenvalue weighted by Crippen LogP contribution is 2.36. The van der Waals surface area contributed by atoms with E-state index in [9.17, 15) is 0 Å². The van der Waals surface area contributed by atoms with Crippen LogP contribution in [0.2, 0.25) is 0 Å². The van der Waals surface area contributed by atoms with E-state index in [0.717, 1.165) is 28.1 Å². The number of para-hydroxylation sites is 2. The Morgan fingerprint density at radius 2 is 1.96 bits per heavy atom. The fraction of sp³-hybridized carbons (Fsp3) is 0.278. The standard InChI is InChI=1S/C18H16N4S/c1-2-6-12-15(9-3-1)23-18-16(12)17(19-10-20-18)22-11-21-13-7-4-5-8-14(13)22/h4-5,7-8,10-11H,1-3,6,9H2/p+1. The Labute approximate surface area is 137 Å². The highest BCUT2D eigenvalue weighted by molar-refractivity contribution is 7.18. The number of aryl methyl sites for hydroxylation is 2. The van der Waals surface area contributed by atoms with Gasteiger partial charge in [-0.1, -0.05) is 23.5 Å². The van der Waals surface area contributed by atoms with Crippen molar-refractivity contribution in [2.75, 3.05) is 0 Å². The topological polar surface area (TPSA) is 45.5 Å². The number of nitrogens with one attached hydrogen (secondary N) is 1. The lowest BCUT2D eigenvalue weighted by Gasteiger charge is -2.01. The summed E-state index contributed by atoms with van der Waals surface area (Å²) in [6.07, 6.45) is 9.93. The fourth-order valence-electron chi connectivity index (χ4n) is 3.62. The van der Waals surface area contributed by atoms with Crippen molar-refractivity contribution < 1.29 is 4.57 Å². The maximum atomic E-state index is 4.65. The normalized spacial score (nSPS) is 15.0. The Bertz CT molecular complexity index is 1010. The van der Waals surface area contributed by atoms with Gasteiger partial charge in [-0.15, -0.1) is 11.3 Å². The summed E-state index contributed by atoms with van der Waals surface area (Å²) in [5, 5.41) is 1.25. The third-order valence-electron chi connectivity index (χ3n) is 4.72. The maximum Gasteiger partial charge on any atom is 0.279 e. The average Bonchev–Trinajstić information content (AvgIpc) is 3.09. The van der Waals surface area contributed by atoms with E-state index >= 15 is 0 Å². The Kier molecular flexibility index (Phi) is 2.94. The quantitative estimate of drug-likeness (QED) is 0.429. The van der Waals surface area contributed by atoms with Crippen LogP contribution in [-0.2, 0) is 12.8 Å². The first-order chi connectivity index (χ1) is 11.4. The number of hydrogen-bond donors (Lipinski definition) is 1. The van der Waals surface area contributed by atoms with Gasteiger partial charge in [0.1, 0.15) is 15.9 Å². The molecule has 0 fully saturated rings. The van der Waals surface area contributed by atoms with Crippen molar-refractivity contribution in [2.45, 2.75) is 32.1 Å². The van der Waals surface area contributed by atoms with E-state index in [4.69, 9.17) is 0 Å². The predicted octanol–water partition coefficient (Wildman–Crippen LogP) is 3.72. The lowest BCUT2D eigenvalue weighted by Crippen LogP contribution is -2.30. The summed E-state index contributed by atoms with van der Waals surface area (Å²) in [5.74, 6) is 1.01. The summed E-state index contributed by atoms with van der Waals surface area (Å²) in [4.78, 5) is 15.2. The van der Waals surface area contributed by atoms with Crippen molar-refractivity contribution in [1.82, 2.24) is 15.0 Å². The fourth-order valence-corrected chi connectivity index (χ4v) is 4.84. The molecule has 1 N–H and O–H groups in total. The molecule has 0 amide bonds. The second kappa shape index (κ2) is 5.13. The second-order valence-corrected chi connectivity index (χ2v) is 7.19. The maximum absolute atomic E-state index is 4.65. The van der Waals surface area contributed by atoms with Gasteiger partial charge in [-0.05, 0) is 43.4 Å². The summed E-state index contributed by atoms with van der Waals surface area (Å²) in [6, 6.07) is 8.34. The number of H-pyrrole nitrogens is 1. The van der Waals surface area contributed by atoms with Gasteiger partial charge in [-0.2, -0.15) is 4.57 Å². The molecule has 3 heterocycles. The SMILES string of the molecule is c1ccc2c(c1)[nH]c[n+]2-c1ncnc2sc3c(c12)CCCCC3. The molecule has 23 heavy (non-hydrogen) atoms. The average molecular weight is 321 g/mol. The van der Waals surface area contributed by atoms with Crippen LogP contribution in [0.3, 0.4) is 0 Å². The summed E-state index contributed by atoms with van der Waals surface area (Å²) < 4.78 is 2.16. The molecule has 0 atom stereocenters. The molecule has 1 aromatic carbocycles. The van der Waals surface area contributed by atoms with Crippen molar-refractivity contribution in [1.29, 1.82) is 0 Å². The molecule has 0 spiro atoms. The minimum atomic E-state index is 1.01. The summed E-state index contributed by atoms with van der Waals surface area (Å²) >= 11 is 1.86. The monoisotopic (exact) mass is 321 g/mol. The van der Waals surface area contributed by atoms with Crippen LogP contribution in [-0.4, -0.2) is 15.0 Å². The highest BCUT2D eigenvalue weighted by Gasteiger charge is 2.24. The van der Waals surface area contributed by atoms with Gasteiger partial charge >= 0.3 is 0 Å². The largest absolute Gasteiger partial charge is 0.279 e. The number of benzene rings is 1. The first-order valence-electron chi connectivity index (χ1n) is 8.15. The van der Waals surface area contributed by atoms with Gasteiger partial charge in [0.05, 0.1) is 5.39 Å². The number of aromatic amines is 1. The third kappa shape index (κ3) is 2.00. The number of imidazole rings is 1. The van der Waals surface area contributed by atoms with E-state index in [1.807, 2.05) is 17.7 Å². The third-order valence-corrected chi connectivity index (χ3v) is 5.92. The van der Waals surface area contributed by atoms with Gasteiger partial charge in [0.25, 0.3) is 5.82 Å². The Morgan fingerprint density at radius 1 is 1.04 bits per heavy atom. The molecule has 1 aliphatic rings. The number of hydrogen-bond acceptors (Lipinski definition) is 3. The van der Waals surface area contributed by atoms with Gasteiger partial charge in [-0.25, -0.2) is 4.98 Å². The van der Waals surface area contributed by atoms with Gasteiger partial charge in [0, 0.05) is 4.88 Å². The first-order valence-corrected chi connectivity index (χ1v) is 8.97. The summed E-state index contributed by atoms with van der Waals surface area (Å²) in [7, 11) is 0. The number of nitrogens with zero attached hydrogens (tertiary/aromatic N) is 3. The molecular formula is C18H17N4S+. The molecule has 0 unspecified atom stereocenters. The molecule has 5 heteroatoms. The van der Waals surface area contributed by atoms with Crippen LogP contribution in [0.5, 0.6) is 0 Å². The molecule has 0 aliphatic heterocycles. The molecule has 4 nitrogen and oxygen atoms in total. The number of rotatable bonds is 1. The highest BCUT2D eigenvalue weighted by atomic mass is 32.1. The van der Waals surface area contributed by atoms with Crippen molar-refractivity contribution >= 4 is 32.6 Å². The lowest BCUT2D eigenvalue weighted by molar-refractivity contribution is -0.569. The van der Waals surface area contributed by atoms with Crippen LogP contribution < -0.4 is 4.57 Å². The van der Waals surface area contributed by atoms with E-state index in [2.05, 4.69) is 43.8 Å². The Morgan fingerprint density at radius 3 is 2.96 bits per heavy atom. The van der Waals surface area contributed by atoms with Gasteiger partial charge < -0.3 is 0 Å². The van der Waals surface area contributed by atoms with Crippen LogP contribution in [0.15, 0.2) is 36.9 Å². The smallest absolute Gasteiger partial charge is 0.276 e. The van der Waals surface area contributed by atoms with E-state index in [1.54, 1.807) is 6.33 Å². The van der Waals surface area contributed by atoms with Crippen molar-refractivity contribution in [3.05, 3.63) is 47.4 Å².